The van der Waals surface area contributed by atoms with Crippen molar-refractivity contribution in [3.05, 3.63) is 29.8 Å². The molecular formula is C11H12N2O2. The van der Waals surface area contributed by atoms with Gasteiger partial charge in [0.1, 0.15) is 6.54 Å². The highest BCUT2D eigenvalue weighted by molar-refractivity contribution is 5.89. The minimum Gasteiger partial charge on any atom is -0.462 e. The maximum absolute atomic E-state index is 11.3. The third kappa shape index (κ3) is 3.31. The topological polar surface area (TPSA) is 62.1 Å². The lowest BCUT2D eigenvalue weighted by Gasteiger charge is -2.04. The van der Waals surface area contributed by atoms with E-state index in [1.807, 2.05) is 6.07 Å². The van der Waals surface area contributed by atoms with Crippen LogP contribution in [0.5, 0.6) is 0 Å². The first kappa shape index (κ1) is 11.1. The summed E-state index contributed by atoms with van der Waals surface area (Å²) in [5.74, 6) is -0.329. The number of benzene rings is 1. The van der Waals surface area contributed by atoms with Gasteiger partial charge in [-0.2, -0.15) is 5.26 Å². The van der Waals surface area contributed by atoms with Gasteiger partial charge in [-0.25, -0.2) is 4.79 Å². The molecule has 0 spiro atoms. The SMILES string of the molecule is CCOC(=O)c1ccc(NCC#N)cc1. The van der Waals surface area contributed by atoms with Crippen LogP contribution in [-0.2, 0) is 4.74 Å². The van der Waals surface area contributed by atoms with Crippen LogP contribution in [0.25, 0.3) is 0 Å². The summed E-state index contributed by atoms with van der Waals surface area (Å²) in [6, 6.07) is 8.78. The van der Waals surface area contributed by atoms with Crippen molar-refractivity contribution in [3.63, 3.8) is 0 Å². The van der Waals surface area contributed by atoms with Crippen molar-refractivity contribution in [2.45, 2.75) is 6.92 Å². The minimum atomic E-state index is -0.329. The molecule has 4 nitrogen and oxygen atoms in total. The predicted octanol–water partition coefficient (Wildman–Crippen LogP) is 1.80. The molecule has 0 amide bonds. The number of rotatable bonds is 4. The van der Waals surface area contributed by atoms with Crippen LogP contribution in [0.3, 0.4) is 0 Å². The molecule has 1 N–H and O–H groups in total. The molecule has 0 saturated heterocycles. The van der Waals surface area contributed by atoms with E-state index in [4.69, 9.17) is 10.00 Å². The van der Waals surface area contributed by atoms with Crippen LogP contribution in [0.1, 0.15) is 17.3 Å². The Bertz CT molecular complexity index is 365. The normalized spacial score (nSPS) is 9.07. The Morgan fingerprint density at radius 3 is 2.67 bits per heavy atom. The summed E-state index contributed by atoms with van der Waals surface area (Å²) < 4.78 is 4.84. The van der Waals surface area contributed by atoms with E-state index in [1.165, 1.54) is 0 Å². The fraction of sp³-hybridized carbons (Fsp3) is 0.273. The first-order valence-corrected chi connectivity index (χ1v) is 4.66. The third-order valence-electron chi connectivity index (χ3n) is 1.77. The minimum absolute atomic E-state index is 0.249. The van der Waals surface area contributed by atoms with Crippen molar-refractivity contribution in [2.75, 3.05) is 18.5 Å². The highest BCUT2D eigenvalue weighted by Gasteiger charge is 2.04. The molecule has 0 saturated carbocycles. The van der Waals surface area contributed by atoms with Gasteiger partial charge in [0.2, 0.25) is 0 Å². The fourth-order valence-electron chi connectivity index (χ4n) is 1.08. The molecule has 0 aromatic heterocycles. The number of nitriles is 1. The molecule has 78 valence electrons. The summed E-state index contributed by atoms with van der Waals surface area (Å²) >= 11 is 0. The fourth-order valence-corrected chi connectivity index (χ4v) is 1.08. The van der Waals surface area contributed by atoms with E-state index in [2.05, 4.69) is 5.32 Å². The zero-order chi connectivity index (χ0) is 11.1. The Labute approximate surface area is 88.5 Å². The summed E-state index contributed by atoms with van der Waals surface area (Å²) in [5.41, 5.74) is 1.32. The summed E-state index contributed by atoms with van der Waals surface area (Å²) in [5, 5.41) is 11.2. The lowest BCUT2D eigenvalue weighted by Crippen LogP contribution is -2.05. The van der Waals surface area contributed by atoms with Crippen LogP contribution in [0.4, 0.5) is 5.69 Å². The molecule has 0 aliphatic carbocycles. The average molecular weight is 204 g/mol. The van der Waals surface area contributed by atoms with Crippen LogP contribution in [-0.4, -0.2) is 19.1 Å². The maximum atomic E-state index is 11.3. The standard InChI is InChI=1S/C11H12N2O2/c1-2-15-11(14)9-3-5-10(6-4-9)13-8-7-12/h3-6,13H,2,8H2,1H3. The second-order valence-corrected chi connectivity index (χ2v) is 2.81. The van der Waals surface area contributed by atoms with Gasteiger partial charge in [0, 0.05) is 5.69 Å². The van der Waals surface area contributed by atoms with Crippen molar-refractivity contribution < 1.29 is 9.53 Å². The average Bonchev–Trinajstić information content (AvgIpc) is 2.27. The van der Waals surface area contributed by atoms with Gasteiger partial charge in [0.15, 0.2) is 0 Å². The van der Waals surface area contributed by atoms with Crippen molar-refractivity contribution in [2.24, 2.45) is 0 Å². The van der Waals surface area contributed by atoms with E-state index in [0.717, 1.165) is 5.69 Å². The Morgan fingerprint density at radius 2 is 2.13 bits per heavy atom. The number of esters is 1. The van der Waals surface area contributed by atoms with Crippen LogP contribution < -0.4 is 5.32 Å². The zero-order valence-electron chi connectivity index (χ0n) is 8.49. The van der Waals surface area contributed by atoms with Crippen LogP contribution in [0, 0.1) is 11.3 Å². The monoisotopic (exact) mass is 204 g/mol. The Morgan fingerprint density at radius 1 is 1.47 bits per heavy atom. The van der Waals surface area contributed by atoms with Crippen molar-refractivity contribution in [3.8, 4) is 6.07 Å². The molecule has 0 unspecified atom stereocenters. The van der Waals surface area contributed by atoms with Crippen molar-refractivity contribution in [1.82, 2.24) is 0 Å². The molecule has 0 aliphatic rings. The van der Waals surface area contributed by atoms with Gasteiger partial charge in [-0.3, -0.25) is 0 Å². The predicted molar refractivity (Wildman–Crippen MR) is 56.5 cm³/mol. The molecular weight excluding hydrogens is 192 g/mol. The molecule has 0 heterocycles. The summed E-state index contributed by atoms with van der Waals surface area (Å²) in [6.07, 6.45) is 0. The van der Waals surface area contributed by atoms with Crippen LogP contribution in [0.15, 0.2) is 24.3 Å². The summed E-state index contributed by atoms with van der Waals surface area (Å²) in [4.78, 5) is 11.3. The molecule has 15 heavy (non-hydrogen) atoms. The number of carbonyl (C=O) groups is 1. The molecule has 1 rings (SSSR count). The number of nitrogens with zero attached hydrogens (tertiary/aromatic N) is 1. The smallest absolute Gasteiger partial charge is 0.338 e. The number of hydrogen-bond donors (Lipinski definition) is 1. The van der Waals surface area contributed by atoms with E-state index in [0.29, 0.717) is 12.2 Å². The number of ether oxygens (including phenoxy) is 1. The number of hydrogen-bond acceptors (Lipinski definition) is 4. The zero-order valence-corrected chi connectivity index (χ0v) is 8.49. The van der Waals surface area contributed by atoms with E-state index in [-0.39, 0.29) is 12.5 Å². The highest BCUT2D eigenvalue weighted by Crippen LogP contribution is 2.09. The highest BCUT2D eigenvalue weighted by atomic mass is 16.5. The second kappa shape index (κ2) is 5.66. The molecule has 0 atom stereocenters. The second-order valence-electron chi connectivity index (χ2n) is 2.81. The van der Waals surface area contributed by atoms with Crippen LogP contribution in [0.2, 0.25) is 0 Å². The quantitative estimate of drug-likeness (QED) is 0.600. The molecule has 4 heteroatoms. The van der Waals surface area contributed by atoms with E-state index in [9.17, 15) is 4.79 Å². The van der Waals surface area contributed by atoms with Gasteiger partial charge in [0.25, 0.3) is 0 Å². The molecule has 0 radical (unpaired) electrons. The Kier molecular flexibility index (Phi) is 4.17. The Balaban J connectivity index is 2.64. The lowest BCUT2D eigenvalue weighted by molar-refractivity contribution is 0.0526. The maximum Gasteiger partial charge on any atom is 0.338 e. The molecule has 1 aromatic carbocycles. The molecule has 0 bridgehead atoms. The molecule has 1 aromatic rings. The van der Waals surface area contributed by atoms with E-state index < -0.39 is 0 Å². The number of nitrogens with one attached hydrogen (secondary N) is 1. The largest absolute Gasteiger partial charge is 0.462 e. The van der Waals surface area contributed by atoms with Gasteiger partial charge in [-0.1, -0.05) is 0 Å². The van der Waals surface area contributed by atoms with Gasteiger partial charge in [0.05, 0.1) is 18.2 Å². The Hall–Kier alpha value is -2.02. The molecule has 0 aliphatic heterocycles. The van der Waals surface area contributed by atoms with Gasteiger partial charge in [-0.15, -0.1) is 0 Å². The van der Waals surface area contributed by atoms with E-state index >= 15 is 0 Å². The molecule has 0 fully saturated rings. The first-order chi connectivity index (χ1) is 7.27. The first-order valence-electron chi connectivity index (χ1n) is 4.66. The third-order valence-corrected chi connectivity index (χ3v) is 1.77. The van der Waals surface area contributed by atoms with Gasteiger partial charge < -0.3 is 10.1 Å². The van der Waals surface area contributed by atoms with Crippen LogP contribution >= 0.6 is 0 Å². The summed E-state index contributed by atoms with van der Waals surface area (Å²) in [6.45, 7) is 2.38. The van der Waals surface area contributed by atoms with E-state index in [1.54, 1.807) is 31.2 Å². The number of carbonyl (C=O) groups excluding carboxylic acids is 1. The number of anilines is 1. The van der Waals surface area contributed by atoms with Crippen molar-refractivity contribution in [1.29, 1.82) is 5.26 Å². The van der Waals surface area contributed by atoms with Gasteiger partial charge in [-0.05, 0) is 31.2 Å². The lowest BCUT2D eigenvalue weighted by atomic mass is 10.2. The van der Waals surface area contributed by atoms with Gasteiger partial charge >= 0.3 is 5.97 Å². The van der Waals surface area contributed by atoms with Crippen molar-refractivity contribution >= 4 is 11.7 Å². The summed E-state index contributed by atoms with van der Waals surface area (Å²) in [7, 11) is 0.